The molecule has 0 bridgehead atoms. The molecule has 0 aliphatic carbocycles. The standard InChI is InChI=1S/C15H10F3NS/c16-15(17,18)11-5-3-4-10(8-11)9-14-19-12-6-1-2-7-13(12)20-14/h1-8H,9H2. The van der Waals surface area contributed by atoms with Crippen LogP contribution >= 0.6 is 11.3 Å². The fourth-order valence-electron chi connectivity index (χ4n) is 2.03. The van der Waals surface area contributed by atoms with Crippen molar-refractivity contribution in [2.24, 2.45) is 0 Å². The Bertz CT molecular complexity index is 713. The number of rotatable bonds is 2. The van der Waals surface area contributed by atoms with Crippen molar-refractivity contribution >= 4 is 21.6 Å². The Balaban J connectivity index is 1.91. The van der Waals surface area contributed by atoms with Crippen LogP contribution in [0.2, 0.25) is 0 Å². The zero-order valence-corrected chi connectivity index (χ0v) is 11.1. The minimum Gasteiger partial charge on any atom is -0.241 e. The number of hydrogen-bond donors (Lipinski definition) is 0. The van der Waals surface area contributed by atoms with E-state index in [0.717, 1.165) is 21.3 Å². The summed E-state index contributed by atoms with van der Waals surface area (Å²) < 4.78 is 39.0. The third-order valence-corrected chi connectivity index (χ3v) is 3.98. The molecule has 2 aromatic carbocycles. The van der Waals surface area contributed by atoms with Crippen molar-refractivity contribution in [3.05, 3.63) is 64.7 Å². The lowest BCUT2D eigenvalue weighted by atomic mass is 10.1. The van der Waals surface area contributed by atoms with Crippen LogP contribution in [0.4, 0.5) is 13.2 Å². The highest BCUT2D eigenvalue weighted by Crippen LogP contribution is 2.30. The molecule has 1 heterocycles. The van der Waals surface area contributed by atoms with Crippen molar-refractivity contribution in [1.82, 2.24) is 4.98 Å². The van der Waals surface area contributed by atoms with Gasteiger partial charge in [0.05, 0.1) is 20.8 Å². The molecule has 0 radical (unpaired) electrons. The number of halogens is 3. The molecule has 102 valence electrons. The first kappa shape index (κ1) is 13.1. The average Bonchev–Trinajstić information content (AvgIpc) is 2.80. The number of fused-ring (bicyclic) bond motifs is 1. The van der Waals surface area contributed by atoms with E-state index in [1.807, 2.05) is 24.3 Å². The third-order valence-electron chi connectivity index (χ3n) is 2.95. The van der Waals surface area contributed by atoms with E-state index in [0.29, 0.717) is 12.0 Å². The third kappa shape index (κ3) is 2.67. The van der Waals surface area contributed by atoms with Gasteiger partial charge in [-0.2, -0.15) is 13.2 Å². The average molecular weight is 293 g/mol. The summed E-state index contributed by atoms with van der Waals surface area (Å²) in [7, 11) is 0. The van der Waals surface area contributed by atoms with E-state index in [1.165, 1.54) is 23.5 Å². The minimum atomic E-state index is -4.30. The van der Waals surface area contributed by atoms with Gasteiger partial charge in [0, 0.05) is 6.42 Å². The molecule has 1 nitrogen and oxygen atoms in total. The van der Waals surface area contributed by atoms with Crippen molar-refractivity contribution < 1.29 is 13.2 Å². The Morgan fingerprint density at radius 1 is 1.00 bits per heavy atom. The first-order valence-electron chi connectivity index (χ1n) is 6.03. The van der Waals surface area contributed by atoms with Gasteiger partial charge in [-0.3, -0.25) is 0 Å². The van der Waals surface area contributed by atoms with E-state index in [-0.39, 0.29) is 0 Å². The van der Waals surface area contributed by atoms with E-state index in [2.05, 4.69) is 4.98 Å². The molecule has 0 aliphatic heterocycles. The van der Waals surface area contributed by atoms with E-state index in [4.69, 9.17) is 0 Å². The van der Waals surface area contributed by atoms with Crippen LogP contribution in [0.3, 0.4) is 0 Å². The molecule has 5 heteroatoms. The summed E-state index contributed by atoms with van der Waals surface area (Å²) in [4.78, 5) is 4.44. The molecule has 0 amide bonds. The molecule has 0 fully saturated rings. The molecule has 0 N–H and O–H groups in total. The number of nitrogens with zero attached hydrogens (tertiary/aromatic N) is 1. The van der Waals surface area contributed by atoms with E-state index in [9.17, 15) is 13.2 Å². The molecule has 0 aliphatic rings. The molecule has 0 saturated heterocycles. The van der Waals surface area contributed by atoms with Crippen LogP contribution in [0.1, 0.15) is 16.1 Å². The zero-order valence-electron chi connectivity index (χ0n) is 10.3. The van der Waals surface area contributed by atoms with Crippen LogP contribution < -0.4 is 0 Å². The van der Waals surface area contributed by atoms with Crippen molar-refractivity contribution in [1.29, 1.82) is 0 Å². The Morgan fingerprint density at radius 3 is 2.55 bits per heavy atom. The Morgan fingerprint density at radius 2 is 1.80 bits per heavy atom. The summed E-state index contributed by atoms with van der Waals surface area (Å²) in [5.41, 5.74) is 0.898. The summed E-state index contributed by atoms with van der Waals surface area (Å²) >= 11 is 1.51. The largest absolute Gasteiger partial charge is 0.416 e. The van der Waals surface area contributed by atoms with Crippen molar-refractivity contribution in [3.8, 4) is 0 Å². The lowest BCUT2D eigenvalue weighted by Crippen LogP contribution is -2.05. The fraction of sp³-hybridized carbons (Fsp3) is 0.133. The lowest BCUT2D eigenvalue weighted by Gasteiger charge is -2.07. The van der Waals surface area contributed by atoms with Gasteiger partial charge in [0.1, 0.15) is 0 Å². The van der Waals surface area contributed by atoms with Crippen LogP contribution in [0.15, 0.2) is 48.5 Å². The van der Waals surface area contributed by atoms with E-state index in [1.54, 1.807) is 6.07 Å². The predicted octanol–water partition coefficient (Wildman–Crippen LogP) is 4.91. The maximum absolute atomic E-state index is 12.7. The SMILES string of the molecule is FC(F)(F)c1cccc(Cc2nc3ccccc3s2)c1. The maximum atomic E-state index is 12.7. The van der Waals surface area contributed by atoms with Gasteiger partial charge in [0.2, 0.25) is 0 Å². The topological polar surface area (TPSA) is 12.9 Å². The van der Waals surface area contributed by atoms with Crippen LogP contribution in [-0.4, -0.2) is 4.98 Å². The first-order chi connectivity index (χ1) is 9.52. The first-order valence-corrected chi connectivity index (χ1v) is 6.84. The van der Waals surface area contributed by atoms with Crippen LogP contribution in [-0.2, 0) is 12.6 Å². The number of alkyl halides is 3. The van der Waals surface area contributed by atoms with Gasteiger partial charge < -0.3 is 0 Å². The van der Waals surface area contributed by atoms with Gasteiger partial charge >= 0.3 is 6.18 Å². The van der Waals surface area contributed by atoms with Crippen molar-refractivity contribution in [2.45, 2.75) is 12.6 Å². The maximum Gasteiger partial charge on any atom is 0.416 e. The Hall–Kier alpha value is -1.88. The van der Waals surface area contributed by atoms with Crippen molar-refractivity contribution in [2.75, 3.05) is 0 Å². The molecule has 20 heavy (non-hydrogen) atoms. The fourth-order valence-corrected chi connectivity index (χ4v) is 3.03. The molecule has 0 saturated carbocycles. The molecular formula is C15H10F3NS. The quantitative estimate of drug-likeness (QED) is 0.654. The molecule has 3 aromatic rings. The molecular weight excluding hydrogens is 283 g/mol. The van der Waals surface area contributed by atoms with E-state index >= 15 is 0 Å². The molecule has 0 spiro atoms. The number of benzene rings is 2. The zero-order chi connectivity index (χ0) is 14.2. The highest BCUT2D eigenvalue weighted by molar-refractivity contribution is 7.18. The van der Waals surface area contributed by atoms with Crippen LogP contribution in [0.5, 0.6) is 0 Å². The number of para-hydroxylation sites is 1. The van der Waals surface area contributed by atoms with Crippen molar-refractivity contribution in [3.63, 3.8) is 0 Å². The van der Waals surface area contributed by atoms with Gasteiger partial charge in [0.25, 0.3) is 0 Å². The second kappa shape index (κ2) is 4.90. The predicted molar refractivity (Wildman–Crippen MR) is 73.9 cm³/mol. The second-order valence-corrected chi connectivity index (χ2v) is 5.57. The Labute approximate surface area is 117 Å². The normalized spacial score (nSPS) is 11.9. The summed E-state index contributed by atoms with van der Waals surface area (Å²) in [5.74, 6) is 0. The summed E-state index contributed by atoms with van der Waals surface area (Å²) in [6, 6.07) is 13.1. The van der Waals surface area contributed by atoms with Gasteiger partial charge in [-0.1, -0.05) is 30.3 Å². The lowest BCUT2D eigenvalue weighted by molar-refractivity contribution is -0.137. The summed E-state index contributed by atoms with van der Waals surface area (Å²) in [6.07, 6.45) is -3.88. The minimum absolute atomic E-state index is 0.420. The molecule has 3 rings (SSSR count). The monoisotopic (exact) mass is 293 g/mol. The van der Waals surface area contributed by atoms with E-state index < -0.39 is 11.7 Å². The number of aromatic nitrogens is 1. The summed E-state index contributed by atoms with van der Waals surface area (Å²) in [6.45, 7) is 0. The highest BCUT2D eigenvalue weighted by Gasteiger charge is 2.30. The van der Waals surface area contributed by atoms with Gasteiger partial charge in [0.15, 0.2) is 0 Å². The molecule has 0 unspecified atom stereocenters. The second-order valence-electron chi connectivity index (χ2n) is 4.45. The van der Waals surface area contributed by atoms with Gasteiger partial charge in [-0.05, 0) is 23.8 Å². The van der Waals surface area contributed by atoms with Gasteiger partial charge in [-0.15, -0.1) is 11.3 Å². The van der Waals surface area contributed by atoms with Crippen LogP contribution in [0.25, 0.3) is 10.2 Å². The highest BCUT2D eigenvalue weighted by atomic mass is 32.1. The molecule has 1 aromatic heterocycles. The smallest absolute Gasteiger partial charge is 0.241 e. The van der Waals surface area contributed by atoms with Gasteiger partial charge in [-0.25, -0.2) is 4.98 Å². The number of thiazole rings is 1. The van der Waals surface area contributed by atoms with Crippen LogP contribution in [0, 0.1) is 0 Å². The summed E-state index contributed by atoms with van der Waals surface area (Å²) in [5, 5.41) is 0.825. The number of hydrogen-bond acceptors (Lipinski definition) is 2. The molecule has 0 atom stereocenters. The Kier molecular flexibility index (Phi) is 3.22.